The van der Waals surface area contributed by atoms with E-state index in [1.807, 2.05) is 0 Å². The smallest absolute Gasteiger partial charge is 0.196 e. The Morgan fingerprint density at radius 3 is 2.21 bits per heavy atom. The normalized spacial score (nSPS) is 26.0. The van der Waals surface area contributed by atoms with Crippen LogP contribution in [0.3, 0.4) is 0 Å². The van der Waals surface area contributed by atoms with Crippen LogP contribution in [0.2, 0.25) is 0 Å². The minimum Gasteiger partial charge on any atom is -0.196 e. The van der Waals surface area contributed by atoms with Gasteiger partial charge in [-0.05, 0) is 48.4 Å². The van der Waals surface area contributed by atoms with Crippen LogP contribution in [0.1, 0.15) is 50.2 Å². The summed E-state index contributed by atoms with van der Waals surface area (Å²) < 4.78 is 110. The molecule has 1 saturated carbocycles. The summed E-state index contributed by atoms with van der Waals surface area (Å²) in [6.45, 7) is 1.79. The van der Waals surface area contributed by atoms with Crippen LogP contribution in [0, 0.1) is 5.92 Å². The van der Waals surface area contributed by atoms with Gasteiger partial charge in [0.2, 0.25) is 0 Å². The third-order valence-corrected chi connectivity index (χ3v) is 10.1. The summed E-state index contributed by atoms with van der Waals surface area (Å²) in [7, 11) is -11.4. The topological polar surface area (TPSA) is 43.4 Å². The molecular weight excluding hydrogens is 442 g/mol. The summed E-state index contributed by atoms with van der Waals surface area (Å²) in [5, 5.41) is 0. The van der Waals surface area contributed by atoms with Gasteiger partial charge in [0.1, 0.15) is 0 Å². The number of hydrogen-bond donors (Lipinski definition) is 0. The summed E-state index contributed by atoms with van der Waals surface area (Å²) in [6.07, 6.45) is 4.47. The molecule has 0 N–H and O–H groups in total. The molecule has 1 aliphatic heterocycles. The molecule has 0 radical (unpaired) electrons. The van der Waals surface area contributed by atoms with Crippen LogP contribution in [-0.2, 0) is 20.2 Å². The number of fused-ring (bicyclic) bond motifs is 1. The van der Waals surface area contributed by atoms with Gasteiger partial charge >= 0.3 is 21.1 Å². The van der Waals surface area contributed by atoms with Crippen LogP contribution in [0.25, 0.3) is 6.08 Å². The monoisotopic (exact) mass is 462 g/mol. The lowest BCUT2D eigenvalue weighted by Gasteiger charge is -2.42. The van der Waals surface area contributed by atoms with E-state index in [1.165, 1.54) is 18.2 Å². The number of hydrogen-bond acceptors (Lipinski definition) is 3. The maximum Gasteiger partial charge on any atom is 0.523 e. The van der Waals surface area contributed by atoms with Gasteiger partial charge in [-0.15, -0.1) is 0 Å². The molecule has 1 aromatic rings. The Kier molecular flexibility index (Phi) is 5.81. The highest BCUT2D eigenvalue weighted by molar-refractivity contribution is 8.37. The van der Waals surface area contributed by atoms with Gasteiger partial charge < -0.3 is 0 Å². The van der Waals surface area contributed by atoms with Crippen LogP contribution in [0.15, 0.2) is 28.0 Å². The molecule has 1 heterocycles. The highest BCUT2D eigenvalue weighted by atomic mass is 32.3. The number of rotatable bonds is 4. The zero-order valence-electron chi connectivity index (χ0n) is 15.4. The standard InChI is InChI=1S/C18H20F6O3S2/c1-2-12-8-9-15-14(10-12)11-16(13-6-4-3-5-7-13)28(15,17(19,20)21)27-29(25,26)18(22,23)24/h8-11,13H,2-7H2,1H3. The molecule has 164 valence electrons. The second kappa shape index (κ2) is 7.49. The molecule has 11 heteroatoms. The maximum absolute atomic E-state index is 14.4. The van der Waals surface area contributed by atoms with Gasteiger partial charge in [0, 0.05) is 20.1 Å². The van der Waals surface area contributed by atoms with Crippen molar-refractivity contribution in [2.24, 2.45) is 5.92 Å². The molecule has 1 atom stereocenters. The Morgan fingerprint density at radius 2 is 1.69 bits per heavy atom. The minimum atomic E-state index is -6.48. The van der Waals surface area contributed by atoms with E-state index in [1.54, 1.807) is 6.92 Å². The van der Waals surface area contributed by atoms with E-state index in [0.29, 0.717) is 37.7 Å². The average Bonchev–Trinajstić information content (AvgIpc) is 2.95. The van der Waals surface area contributed by atoms with Crippen LogP contribution in [0.4, 0.5) is 26.3 Å². The summed E-state index contributed by atoms with van der Waals surface area (Å²) in [4.78, 5) is -0.906. The van der Waals surface area contributed by atoms with Crippen molar-refractivity contribution in [3.05, 3.63) is 34.2 Å². The fourth-order valence-corrected chi connectivity index (χ4v) is 8.62. The predicted molar refractivity (Wildman–Crippen MR) is 98.3 cm³/mol. The van der Waals surface area contributed by atoms with Crippen molar-refractivity contribution >= 4 is 26.5 Å². The lowest BCUT2D eigenvalue weighted by Crippen LogP contribution is -2.33. The second-order valence-corrected chi connectivity index (χ2v) is 11.5. The molecule has 1 unspecified atom stereocenters. The molecule has 0 saturated heterocycles. The van der Waals surface area contributed by atoms with E-state index in [0.717, 1.165) is 12.5 Å². The molecule has 3 rings (SSSR count). The van der Waals surface area contributed by atoms with Crippen LogP contribution in [0.5, 0.6) is 0 Å². The zero-order valence-corrected chi connectivity index (χ0v) is 17.1. The van der Waals surface area contributed by atoms with E-state index < -0.39 is 42.3 Å². The van der Waals surface area contributed by atoms with Gasteiger partial charge in [-0.3, -0.25) is 0 Å². The van der Waals surface area contributed by atoms with Crippen molar-refractivity contribution in [3.8, 4) is 0 Å². The predicted octanol–water partition coefficient (Wildman–Crippen LogP) is 6.65. The molecule has 0 bridgehead atoms. The molecule has 1 fully saturated rings. The first-order valence-corrected chi connectivity index (χ1v) is 12.1. The number of alkyl halides is 6. The highest BCUT2D eigenvalue weighted by Crippen LogP contribution is 2.80. The third kappa shape index (κ3) is 3.81. The molecule has 29 heavy (non-hydrogen) atoms. The lowest BCUT2D eigenvalue weighted by molar-refractivity contribution is -0.0547. The third-order valence-electron chi connectivity index (χ3n) is 5.23. The van der Waals surface area contributed by atoms with Crippen molar-refractivity contribution in [1.82, 2.24) is 0 Å². The molecular formula is C18H20F6O3S2. The van der Waals surface area contributed by atoms with E-state index in [2.05, 4.69) is 3.63 Å². The fourth-order valence-electron chi connectivity index (χ4n) is 3.84. The van der Waals surface area contributed by atoms with Gasteiger partial charge in [0.25, 0.3) is 0 Å². The Bertz CT molecular complexity index is 915. The van der Waals surface area contributed by atoms with Crippen molar-refractivity contribution in [1.29, 1.82) is 0 Å². The summed E-state index contributed by atoms with van der Waals surface area (Å²) in [5.41, 5.74) is -10.5. The maximum atomic E-state index is 14.4. The molecule has 3 nitrogen and oxygen atoms in total. The molecule has 1 aliphatic carbocycles. The molecule has 2 aliphatic rings. The van der Waals surface area contributed by atoms with E-state index in [4.69, 9.17) is 0 Å². The van der Waals surface area contributed by atoms with E-state index in [-0.39, 0.29) is 10.5 Å². The van der Waals surface area contributed by atoms with Crippen LogP contribution in [-0.4, -0.2) is 19.4 Å². The van der Waals surface area contributed by atoms with Gasteiger partial charge in [-0.2, -0.15) is 38.4 Å². The molecule has 0 aromatic heterocycles. The van der Waals surface area contributed by atoms with Crippen molar-refractivity contribution in [2.45, 2.75) is 61.4 Å². The van der Waals surface area contributed by atoms with Gasteiger partial charge in [-0.25, -0.2) is 0 Å². The molecule has 1 aromatic carbocycles. The first-order valence-electron chi connectivity index (χ1n) is 9.10. The summed E-state index contributed by atoms with van der Waals surface area (Å²) >= 11 is 0. The molecule has 0 spiro atoms. The molecule has 0 amide bonds. The highest BCUT2D eigenvalue weighted by Gasteiger charge is 2.65. The summed E-state index contributed by atoms with van der Waals surface area (Å²) in [5.74, 6) is -0.679. The Hall–Kier alpha value is -1.20. The summed E-state index contributed by atoms with van der Waals surface area (Å²) in [6, 6.07) is 3.89. The van der Waals surface area contributed by atoms with Crippen molar-refractivity contribution < 1.29 is 38.4 Å². The first-order chi connectivity index (χ1) is 13.3. The van der Waals surface area contributed by atoms with Crippen molar-refractivity contribution in [3.63, 3.8) is 0 Å². The van der Waals surface area contributed by atoms with Gasteiger partial charge in [-0.1, -0.05) is 38.3 Å². The quantitative estimate of drug-likeness (QED) is 0.372. The largest absolute Gasteiger partial charge is 0.523 e. The lowest BCUT2D eigenvalue weighted by atomic mass is 9.88. The Balaban J connectivity index is 2.26. The minimum absolute atomic E-state index is 0.0784. The zero-order chi connectivity index (χ0) is 21.7. The number of allylic oxidation sites excluding steroid dienone is 1. The SMILES string of the molecule is CCc1ccc2c(c1)C=C(C1CCCCC1)S2(OS(=O)(=O)C(F)(F)F)C(F)(F)F. The first kappa shape index (κ1) is 22.5. The van der Waals surface area contributed by atoms with E-state index in [9.17, 15) is 34.8 Å². The number of halogens is 6. The average molecular weight is 462 g/mol. The van der Waals surface area contributed by atoms with Gasteiger partial charge in [0.15, 0.2) is 0 Å². The Morgan fingerprint density at radius 1 is 1.07 bits per heavy atom. The fraction of sp³-hybridized carbons (Fsp3) is 0.556. The van der Waals surface area contributed by atoms with Gasteiger partial charge in [0.05, 0.1) is 0 Å². The Labute approximate surface area is 166 Å². The number of benzene rings is 1. The van der Waals surface area contributed by atoms with Crippen molar-refractivity contribution in [2.75, 3.05) is 0 Å². The van der Waals surface area contributed by atoms with Crippen LogP contribution >= 0.6 is 10.3 Å². The van der Waals surface area contributed by atoms with E-state index >= 15 is 0 Å². The number of aryl methyl sites for hydroxylation is 1. The van der Waals surface area contributed by atoms with Crippen LogP contribution < -0.4 is 0 Å². The second-order valence-electron chi connectivity index (χ2n) is 7.08.